The number of imidazole rings is 1. The third kappa shape index (κ3) is 11.4. The van der Waals surface area contributed by atoms with E-state index >= 15 is 0 Å². The molecule has 11 nitrogen and oxygen atoms in total. The van der Waals surface area contributed by atoms with E-state index < -0.39 is 23.8 Å². The van der Waals surface area contributed by atoms with Gasteiger partial charge in [-0.25, -0.2) is 4.79 Å². The Kier molecular flexibility index (Phi) is 12.6. The van der Waals surface area contributed by atoms with Crippen molar-refractivity contribution in [1.29, 1.82) is 10.8 Å². The highest BCUT2D eigenvalue weighted by molar-refractivity contribution is 6.04. The molecule has 3 N–H and O–H groups in total. The van der Waals surface area contributed by atoms with Crippen LogP contribution in [-0.2, 0) is 22.6 Å². The number of halogens is 3. The maximum atomic E-state index is 13.4. The summed E-state index contributed by atoms with van der Waals surface area (Å²) in [5.74, 6) is -1.28. The summed E-state index contributed by atoms with van der Waals surface area (Å²) >= 11 is 0. The highest BCUT2D eigenvalue weighted by Gasteiger charge is 2.39. The maximum absolute atomic E-state index is 13.4. The van der Waals surface area contributed by atoms with Crippen LogP contribution in [0.25, 0.3) is 11.3 Å². The summed E-state index contributed by atoms with van der Waals surface area (Å²) in [4.78, 5) is 27.7. The highest BCUT2D eigenvalue weighted by atomic mass is 19.4. The van der Waals surface area contributed by atoms with Crippen LogP contribution in [0.4, 0.5) is 18.0 Å². The number of carbonyl (C=O) groups is 2. The number of amides is 2. The van der Waals surface area contributed by atoms with E-state index in [1.54, 1.807) is 87.0 Å². The number of nitrogens with zero attached hydrogens (tertiary/aromatic N) is 3. The molecule has 4 rings (SSSR count). The third-order valence-electron chi connectivity index (χ3n) is 7.24. The van der Waals surface area contributed by atoms with Gasteiger partial charge in [0.05, 0.1) is 18.9 Å². The summed E-state index contributed by atoms with van der Waals surface area (Å²) in [6.45, 7) is 7.67. The number of hydrogen-bond acceptors (Lipinski definition) is 7. The van der Waals surface area contributed by atoms with Crippen molar-refractivity contribution in [3.63, 3.8) is 0 Å². The van der Waals surface area contributed by atoms with Crippen LogP contribution in [0.15, 0.2) is 90.1 Å². The van der Waals surface area contributed by atoms with Crippen LogP contribution in [0.3, 0.4) is 0 Å². The van der Waals surface area contributed by atoms with Crippen molar-refractivity contribution >= 4 is 23.5 Å². The molecule has 0 aliphatic heterocycles. The molecule has 0 spiro atoms. The number of benzene rings is 3. The first-order valence-corrected chi connectivity index (χ1v) is 16.2. The summed E-state index contributed by atoms with van der Waals surface area (Å²) in [5, 5.41) is 18.2. The number of alkyl carbamates (subject to hydrolysis) is 1. The molecule has 0 radical (unpaired) electrons. The van der Waals surface area contributed by atoms with Gasteiger partial charge in [0.25, 0.3) is 0 Å². The van der Waals surface area contributed by atoms with E-state index in [0.29, 0.717) is 41.3 Å². The number of ether oxygens (including phenoxy) is 3. The molecule has 0 saturated carbocycles. The van der Waals surface area contributed by atoms with Gasteiger partial charge in [-0.05, 0) is 100 Å². The summed E-state index contributed by atoms with van der Waals surface area (Å²) in [7, 11) is 0. The van der Waals surface area contributed by atoms with Gasteiger partial charge >= 0.3 is 18.2 Å². The number of nitrogens with one attached hydrogen (secondary N) is 3. The zero-order valence-corrected chi connectivity index (χ0v) is 28.8. The second kappa shape index (κ2) is 16.8. The monoisotopic (exact) mass is 706 g/mol. The molecule has 51 heavy (non-hydrogen) atoms. The van der Waals surface area contributed by atoms with Crippen LogP contribution in [0.2, 0.25) is 0 Å². The molecule has 0 bridgehead atoms. The minimum absolute atomic E-state index is 0.144. The zero-order chi connectivity index (χ0) is 37.2. The zero-order valence-electron chi connectivity index (χ0n) is 28.8. The van der Waals surface area contributed by atoms with Crippen LogP contribution in [0, 0.1) is 10.8 Å². The van der Waals surface area contributed by atoms with Crippen molar-refractivity contribution < 1.29 is 37.0 Å². The molecule has 0 fully saturated rings. The topological polar surface area (TPSA) is 144 Å². The molecule has 14 heteroatoms. The smallest absolute Gasteiger partial charge is 0.473 e. The second-order valence-corrected chi connectivity index (χ2v) is 12.5. The van der Waals surface area contributed by atoms with Gasteiger partial charge in [-0.3, -0.25) is 15.5 Å². The fourth-order valence-electron chi connectivity index (χ4n) is 4.88. The predicted octanol–water partition coefficient (Wildman–Crippen LogP) is 7.12. The van der Waals surface area contributed by atoms with Crippen molar-refractivity contribution in [3.8, 4) is 22.8 Å². The largest absolute Gasteiger partial charge is 0.494 e. The Morgan fingerprint density at radius 2 is 1.35 bits per heavy atom. The summed E-state index contributed by atoms with van der Waals surface area (Å²) < 4.78 is 60.3. The van der Waals surface area contributed by atoms with Crippen LogP contribution in [0.5, 0.6) is 11.5 Å². The van der Waals surface area contributed by atoms with Crippen molar-refractivity contribution in [2.75, 3.05) is 13.2 Å². The van der Waals surface area contributed by atoms with Gasteiger partial charge in [-0.1, -0.05) is 30.3 Å². The molecule has 0 unspecified atom stereocenters. The predicted molar refractivity (Wildman–Crippen MR) is 186 cm³/mol. The Labute approximate surface area is 293 Å². The number of aromatic nitrogens is 2. The number of amidine groups is 1. The third-order valence-corrected chi connectivity index (χ3v) is 7.24. The lowest BCUT2D eigenvalue weighted by atomic mass is 10.1. The molecule has 0 atom stereocenters. The van der Waals surface area contributed by atoms with E-state index in [0.717, 1.165) is 11.1 Å². The first kappa shape index (κ1) is 38.1. The molecule has 0 saturated heterocycles. The Morgan fingerprint density at radius 3 is 1.88 bits per heavy atom. The van der Waals surface area contributed by atoms with E-state index in [4.69, 9.17) is 25.0 Å². The standard InChI is InChI=1S/C37H41F3N6O5/c1-25(41)26-12-16-29(17-13-26)49-22-8-20-45-24-31(27-10-6-5-7-11-27)46(34(45)44-33(47)37(38,39)40)21-9-23-50-30-18-14-28(15-19-30)32(42)43-35(48)51-36(2,3)4/h5-7,10-19,24,41H,8-9,20-23H2,1-4H3,(H2,42,43,48). The fourth-order valence-corrected chi connectivity index (χ4v) is 4.88. The van der Waals surface area contributed by atoms with Crippen molar-refractivity contribution in [2.24, 2.45) is 4.99 Å². The van der Waals surface area contributed by atoms with Gasteiger partial charge < -0.3 is 28.8 Å². The molecule has 1 aromatic heterocycles. The number of alkyl halides is 3. The van der Waals surface area contributed by atoms with Crippen molar-refractivity contribution in [2.45, 2.75) is 65.4 Å². The maximum Gasteiger partial charge on any atom is 0.473 e. The van der Waals surface area contributed by atoms with Gasteiger partial charge in [0.15, 0.2) is 0 Å². The van der Waals surface area contributed by atoms with Crippen LogP contribution in [0.1, 0.15) is 51.7 Å². The average Bonchev–Trinajstić information content (AvgIpc) is 3.41. The molecule has 1 heterocycles. The van der Waals surface area contributed by atoms with E-state index in [2.05, 4.69) is 10.3 Å². The average molecular weight is 707 g/mol. The van der Waals surface area contributed by atoms with E-state index in [9.17, 15) is 22.8 Å². The molecular formula is C37H41F3N6O5. The van der Waals surface area contributed by atoms with Gasteiger partial charge in [0, 0.05) is 30.6 Å². The normalized spacial score (nSPS) is 11.9. The summed E-state index contributed by atoms with van der Waals surface area (Å²) in [5.41, 5.74) is 2.06. The van der Waals surface area contributed by atoms with Gasteiger partial charge in [0.1, 0.15) is 22.9 Å². The van der Waals surface area contributed by atoms with Crippen LogP contribution < -0.4 is 20.4 Å². The minimum Gasteiger partial charge on any atom is -0.494 e. The lowest BCUT2D eigenvalue weighted by Gasteiger charge is -2.19. The molecule has 270 valence electrons. The lowest BCUT2D eigenvalue weighted by Crippen LogP contribution is -2.36. The molecule has 2 amide bonds. The fraction of sp³-hybridized carbons (Fsp3) is 0.324. The van der Waals surface area contributed by atoms with E-state index in [1.807, 2.05) is 30.3 Å². The van der Waals surface area contributed by atoms with Crippen molar-refractivity contribution in [1.82, 2.24) is 14.5 Å². The molecular weight excluding hydrogens is 665 g/mol. The molecule has 0 aliphatic rings. The van der Waals surface area contributed by atoms with E-state index in [-0.39, 0.29) is 37.8 Å². The Hall–Kier alpha value is -5.66. The molecule has 4 aromatic rings. The molecule has 0 aliphatic carbocycles. The SMILES string of the molecule is CC(=N)c1ccc(OCCCn2cc(-c3ccccc3)n(CCCOc3ccc(C(=N)NC(=O)OC(C)(C)C)cc3)c2=NC(=O)C(F)(F)F)cc1. The quantitative estimate of drug-likeness (QED) is 0.0771. The Bertz CT molecular complexity index is 1890. The van der Waals surface area contributed by atoms with Gasteiger partial charge in [-0.15, -0.1) is 0 Å². The first-order chi connectivity index (χ1) is 24.1. The van der Waals surface area contributed by atoms with Crippen LogP contribution >= 0.6 is 0 Å². The first-order valence-electron chi connectivity index (χ1n) is 16.2. The Morgan fingerprint density at radius 1 is 0.804 bits per heavy atom. The minimum atomic E-state index is -5.15. The number of aryl methyl sites for hydroxylation is 1. The number of carbonyl (C=O) groups excluding carboxylic acids is 2. The highest BCUT2D eigenvalue weighted by Crippen LogP contribution is 2.21. The van der Waals surface area contributed by atoms with Gasteiger partial charge in [0.2, 0.25) is 5.62 Å². The summed E-state index contributed by atoms with van der Waals surface area (Å²) in [6, 6.07) is 22.6. The van der Waals surface area contributed by atoms with Crippen molar-refractivity contribution in [3.05, 3.63) is 102 Å². The Balaban J connectivity index is 1.48. The number of hydrogen-bond donors (Lipinski definition) is 3. The summed E-state index contributed by atoms with van der Waals surface area (Å²) in [6.07, 6.45) is -3.46. The number of rotatable bonds is 13. The second-order valence-electron chi connectivity index (χ2n) is 12.5. The van der Waals surface area contributed by atoms with Gasteiger partial charge in [-0.2, -0.15) is 18.2 Å². The lowest BCUT2D eigenvalue weighted by molar-refractivity contribution is -0.169. The van der Waals surface area contributed by atoms with E-state index in [1.165, 1.54) is 4.57 Å². The molecule has 3 aromatic carbocycles. The van der Waals surface area contributed by atoms with Crippen LogP contribution in [-0.4, -0.2) is 57.7 Å².